The molecule has 0 aliphatic rings. The van der Waals surface area contributed by atoms with Crippen molar-refractivity contribution in [2.75, 3.05) is 0 Å². The van der Waals surface area contributed by atoms with Crippen molar-refractivity contribution < 1.29 is 4.42 Å². The molecule has 5 nitrogen and oxygen atoms in total. The Morgan fingerprint density at radius 1 is 1.27 bits per heavy atom. The Hall–Kier alpha value is -2.58. The van der Waals surface area contributed by atoms with Crippen molar-refractivity contribution in [3.63, 3.8) is 0 Å². The second-order valence-electron chi connectivity index (χ2n) is 5.05. The van der Waals surface area contributed by atoms with Gasteiger partial charge < -0.3 is 4.42 Å². The van der Waals surface area contributed by atoms with Gasteiger partial charge in [-0.1, -0.05) is 23.7 Å². The first-order valence-electron chi connectivity index (χ1n) is 6.74. The summed E-state index contributed by atoms with van der Waals surface area (Å²) < 4.78 is 7.09. The Morgan fingerprint density at radius 3 is 2.68 bits per heavy atom. The Kier molecular flexibility index (Phi) is 3.94. The lowest BCUT2D eigenvalue weighted by Gasteiger charge is -2.26. The number of aromatic nitrogens is 3. The second-order valence-corrected chi connectivity index (χ2v) is 5.49. The number of nitriles is 1. The second kappa shape index (κ2) is 6.04. The van der Waals surface area contributed by atoms with Crippen LogP contribution < -0.4 is 0 Å². The highest BCUT2D eigenvalue weighted by molar-refractivity contribution is 6.30. The lowest BCUT2D eigenvalue weighted by molar-refractivity contribution is 0.386. The van der Waals surface area contributed by atoms with Gasteiger partial charge in [0.05, 0.1) is 18.9 Å². The molecule has 2 heterocycles. The molecule has 0 spiro atoms. The van der Waals surface area contributed by atoms with Crippen LogP contribution in [0.1, 0.15) is 11.3 Å². The van der Waals surface area contributed by atoms with Crippen molar-refractivity contribution in [3.05, 3.63) is 71.7 Å². The maximum atomic E-state index is 9.91. The van der Waals surface area contributed by atoms with Crippen molar-refractivity contribution in [2.45, 2.75) is 18.4 Å². The van der Waals surface area contributed by atoms with Gasteiger partial charge in [0.15, 0.2) is 0 Å². The van der Waals surface area contributed by atoms with Crippen LogP contribution >= 0.6 is 11.6 Å². The third-order valence-electron chi connectivity index (χ3n) is 3.57. The van der Waals surface area contributed by atoms with Gasteiger partial charge in [-0.25, -0.2) is 4.98 Å². The molecule has 0 aliphatic heterocycles. The molecule has 0 saturated carbocycles. The number of furan rings is 1. The Labute approximate surface area is 132 Å². The van der Waals surface area contributed by atoms with E-state index >= 15 is 0 Å². The van der Waals surface area contributed by atoms with E-state index in [9.17, 15) is 5.26 Å². The number of hydrogen-bond donors (Lipinski definition) is 0. The van der Waals surface area contributed by atoms with Gasteiger partial charge in [-0.05, 0) is 29.8 Å². The Balaban J connectivity index is 2.02. The predicted molar refractivity (Wildman–Crippen MR) is 81.2 cm³/mol. The van der Waals surface area contributed by atoms with Crippen molar-refractivity contribution in [2.24, 2.45) is 0 Å². The first kappa shape index (κ1) is 14.4. The van der Waals surface area contributed by atoms with Crippen LogP contribution in [0.15, 0.2) is 59.7 Å². The molecule has 6 heteroatoms. The first-order chi connectivity index (χ1) is 10.7. The number of benzene rings is 1. The molecule has 1 aromatic carbocycles. The monoisotopic (exact) mass is 312 g/mol. The molecule has 0 N–H and O–H groups in total. The minimum Gasteiger partial charge on any atom is -0.469 e. The quantitative estimate of drug-likeness (QED) is 0.725. The number of hydrogen-bond acceptors (Lipinski definition) is 4. The summed E-state index contributed by atoms with van der Waals surface area (Å²) in [4.78, 5) is 3.94. The molecule has 0 fully saturated rings. The molecule has 3 aromatic rings. The Bertz CT molecular complexity index is 721. The van der Waals surface area contributed by atoms with Crippen LogP contribution in [-0.2, 0) is 18.4 Å². The van der Waals surface area contributed by atoms with E-state index in [0.717, 1.165) is 11.3 Å². The molecule has 0 saturated heterocycles. The molecular weight excluding hydrogens is 300 g/mol. The standard InChI is InChI=1S/C16H13ClN4O/c17-14-5-3-13(4-6-14)16(9-18,8-15-2-1-7-22-15)10-21-12-19-11-20-21/h1-7,11-12H,8,10H2. The Morgan fingerprint density at radius 2 is 2.09 bits per heavy atom. The van der Waals surface area contributed by atoms with E-state index in [1.54, 1.807) is 29.4 Å². The summed E-state index contributed by atoms with van der Waals surface area (Å²) in [5, 5.41) is 14.7. The third kappa shape index (κ3) is 2.87. The van der Waals surface area contributed by atoms with E-state index in [1.165, 1.54) is 6.33 Å². The molecule has 110 valence electrons. The molecular formula is C16H13ClN4O. The van der Waals surface area contributed by atoms with E-state index < -0.39 is 5.41 Å². The summed E-state index contributed by atoms with van der Waals surface area (Å²) in [5.74, 6) is 0.747. The molecule has 3 rings (SSSR count). The van der Waals surface area contributed by atoms with Crippen LogP contribution in [0, 0.1) is 11.3 Å². The highest BCUT2D eigenvalue weighted by Gasteiger charge is 2.35. The highest BCUT2D eigenvalue weighted by Crippen LogP contribution is 2.31. The lowest BCUT2D eigenvalue weighted by Crippen LogP contribution is -2.33. The fourth-order valence-electron chi connectivity index (χ4n) is 2.46. The fraction of sp³-hybridized carbons (Fsp3) is 0.188. The largest absolute Gasteiger partial charge is 0.469 e. The zero-order valence-corrected chi connectivity index (χ0v) is 12.4. The van der Waals surface area contributed by atoms with E-state index in [1.807, 2.05) is 24.3 Å². The topological polar surface area (TPSA) is 67.6 Å². The summed E-state index contributed by atoms with van der Waals surface area (Å²) in [6.07, 6.45) is 5.10. The van der Waals surface area contributed by atoms with Gasteiger partial charge in [0.2, 0.25) is 0 Å². The van der Waals surface area contributed by atoms with Crippen LogP contribution in [0.2, 0.25) is 5.02 Å². The first-order valence-corrected chi connectivity index (χ1v) is 7.12. The van der Waals surface area contributed by atoms with Crippen LogP contribution in [0.3, 0.4) is 0 Å². The maximum Gasteiger partial charge on any atom is 0.137 e. The minimum absolute atomic E-state index is 0.381. The molecule has 1 unspecified atom stereocenters. The number of halogens is 1. The van der Waals surface area contributed by atoms with Crippen molar-refractivity contribution >= 4 is 11.6 Å². The molecule has 2 aromatic heterocycles. The van der Waals surface area contributed by atoms with Gasteiger partial charge >= 0.3 is 0 Å². The van der Waals surface area contributed by atoms with Crippen LogP contribution in [-0.4, -0.2) is 14.8 Å². The van der Waals surface area contributed by atoms with Gasteiger partial charge in [-0.3, -0.25) is 4.68 Å². The highest BCUT2D eigenvalue weighted by atomic mass is 35.5. The third-order valence-corrected chi connectivity index (χ3v) is 3.82. The van der Waals surface area contributed by atoms with Gasteiger partial charge in [0.1, 0.15) is 23.8 Å². The average Bonchev–Trinajstić information content (AvgIpc) is 3.21. The maximum absolute atomic E-state index is 9.91. The summed E-state index contributed by atoms with van der Waals surface area (Å²) in [6, 6.07) is 13.4. The average molecular weight is 313 g/mol. The summed E-state index contributed by atoms with van der Waals surface area (Å²) in [5.41, 5.74) is 0.0576. The van der Waals surface area contributed by atoms with Crippen molar-refractivity contribution in [3.8, 4) is 6.07 Å². The molecule has 22 heavy (non-hydrogen) atoms. The minimum atomic E-state index is -0.809. The summed E-state index contributed by atoms with van der Waals surface area (Å²) in [6.45, 7) is 0.381. The van der Waals surface area contributed by atoms with Crippen LogP contribution in [0.5, 0.6) is 0 Å². The van der Waals surface area contributed by atoms with Gasteiger partial charge in [-0.2, -0.15) is 10.4 Å². The smallest absolute Gasteiger partial charge is 0.137 e. The van der Waals surface area contributed by atoms with E-state index in [0.29, 0.717) is 18.0 Å². The van der Waals surface area contributed by atoms with Gasteiger partial charge in [0.25, 0.3) is 0 Å². The lowest BCUT2D eigenvalue weighted by atomic mass is 9.78. The molecule has 0 bridgehead atoms. The van der Waals surface area contributed by atoms with E-state index in [2.05, 4.69) is 16.2 Å². The van der Waals surface area contributed by atoms with Gasteiger partial charge in [0, 0.05) is 11.4 Å². The van der Waals surface area contributed by atoms with Crippen molar-refractivity contribution in [1.82, 2.24) is 14.8 Å². The summed E-state index contributed by atoms with van der Waals surface area (Å²) >= 11 is 5.96. The van der Waals surface area contributed by atoms with Crippen LogP contribution in [0.4, 0.5) is 0 Å². The number of nitrogens with zero attached hydrogens (tertiary/aromatic N) is 4. The molecule has 0 aliphatic carbocycles. The number of rotatable bonds is 5. The predicted octanol–water partition coefficient (Wildman–Crippen LogP) is 3.23. The molecule has 0 radical (unpaired) electrons. The van der Waals surface area contributed by atoms with Gasteiger partial charge in [-0.15, -0.1) is 0 Å². The fourth-order valence-corrected chi connectivity index (χ4v) is 2.59. The summed E-state index contributed by atoms with van der Waals surface area (Å²) in [7, 11) is 0. The van der Waals surface area contributed by atoms with Crippen molar-refractivity contribution in [1.29, 1.82) is 5.26 Å². The molecule has 1 atom stereocenters. The van der Waals surface area contributed by atoms with E-state index in [-0.39, 0.29) is 0 Å². The zero-order valence-electron chi connectivity index (χ0n) is 11.7. The SMILES string of the molecule is N#CC(Cc1ccco1)(Cn1cncn1)c1ccc(Cl)cc1. The normalized spacial score (nSPS) is 13.5. The molecule has 0 amide bonds. The van der Waals surface area contributed by atoms with E-state index in [4.69, 9.17) is 16.0 Å². The van der Waals surface area contributed by atoms with Crippen LogP contribution in [0.25, 0.3) is 0 Å². The zero-order chi connectivity index (χ0) is 15.4.